The van der Waals surface area contributed by atoms with Crippen molar-refractivity contribution in [2.45, 2.75) is 6.18 Å². The van der Waals surface area contributed by atoms with Crippen LogP contribution in [-0.4, -0.2) is 22.2 Å². The minimum atomic E-state index is -4.46. The molecule has 0 spiro atoms. The first-order valence-electron chi connectivity index (χ1n) is 6.76. The monoisotopic (exact) mass is 340 g/mol. The van der Waals surface area contributed by atoms with Gasteiger partial charge in [-0.15, -0.1) is 0 Å². The molecule has 128 valence electrons. The molecular formula is C15H15F3N4O2. The number of ether oxygens (including phenoxy) is 1. The van der Waals surface area contributed by atoms with Gasteiger partial charge in [0.2, 0.25) is 0 Å². The fourth-order valence-electron chi connectivity index (χ4n) is 1.85. The van der Waals surface area contributed by atoms with Crippen LogP contribution < -0.4 is 10.5 Å². The molecule has 2 rings (SSSR count). The molecule has 0 saturated heterocycles. The van der Waals surface area contributed by atoms with Crippen LogP contribution in [0.3, 0.4) is 0 Å². The van der Waals surface area contributed by atoms with E-state index in [0.29, 0.717) is 0 Å². The van der Waals surface area contributed by atoms with Crippen LogP contribution in [0.25, 0.3) is 0 Å². The number of nitrogens with two attached hydrogens (primary N) is 1. The Kier molecular flexibility index (Phi) is 5.12. The molecule has 6 nitrogen and oxygen atoms in total. The lowest BCUT2D eigenvalue weighted by Crippen LogP contribution is -2.19. The Bertz CT molecular complexity index is 753. The number of oxime groups is 1. The van der Waals surface area contributed by atoms with E-state index in [-0.39, 0.29) is 29.6 Å². The fraction of sp³-hybridized carbons (Fsp3) is 0.200. The summed E-state index contributed by atoms with van der Waals surface area (Å²) in [6.45, 7) is 3.63. The number of hydrogen-bond acceptors (Lipinski definition) is 4. The van der Waals surface area contributed by atoms with Gasteiger partial charge in [0.25, 0.3) is 0 Å². The number of aryl methyl sites for hydroxylation is 1. The van der Waals surface area contributed by atoms with Crippen LogP contribution >= 0.6 is 0 Å². The molecule has 24 heavy (non-hydrogen) atoms. The van der Waals surface area contributed by atoms with E-state index >= 15 is 0 Å². The molecule has 0 radical (unpaired) electrons. The molecule has 1 heterocycles. The molecule has 0 bridgehead atoms. The summed E-state index contributed by atoms with van der Waals surface area (Å²) in [6.07, 6.45) is -1.65. The first kappa shape index (κ1) is 17.4. The maximum Gasteiger partial charge on any atom is 0.416 e. The van der Waals surface area contributed by atoms with Crippen LogP contribution in [0.15, 0.2) is 48.3 Å². The summed E-state index contributed by atoms with van der Waals surface area (Å²) in [6, 6.07) is 4.49. The fourth-order valence-corrected chi connectivity index (χ4v) is 1.85. The number of nitrogens with zero attached hydrogens (tertiary/aromatic N) is 3. The average molecular weight is 340 g/mol. The van der Waals surface area contributed by atoms with Crippen LogP contribution in [0.1, 0.15) is 11.3 Å². The summed E-state index contributed by atoms with van der Waals surface area (Å²) in [7, 11) is 1.59. The number of alkyl halides is 3. The molecular weight excluding hydrogens is 325 g/mol. The van der Waals surface area contributed by atoms with E-state index in [1.807, 2.05) is 0 Å². The molecule has 0 saturated carbocycles. The highest BCUT2D eigenvalue weighted by Gasteiger charge is 2.30. The zero-order chi connectivity index (χ0) is 17.7. The standard InChI is InChI=1S/C15H15F3N4O2/c1-3-7-23-21-14(19)13-12(9-20-22(13)2)24-11-6-4-5-10(8-11)15(16,17)18/h3-6,8-9H,1,7H2,2H3,(H2,19,21). The lowest BCUT2D eigenvalue weighted by atomic mass is 10.2. The third kappa shape index (κ3) is 4.06. The summed E-state index contributed by atoms with van der Waals surface area (Å²) in [4.78, 5) is 4.89. The van der Waals surface area contributed by atoms with Crippen LogP contribution in [-0.2, 0) is 18.1 Å². The van der Waals surface area contributed by atoms with Crippen molar-refractivity contribution in [3.63, 3.8) is 0 Å². The molecule has 0 fully saturated rings. The Morgan fingerprint density at radius 2 is 2.21 bits per heavy atom. The van der Waals surface area contributed by atoms with Gasteiger partial charge in [-0.05, 0) is 18.2 Å². The van der Waals surface area contributed by atoms with Crippen LogP contribution in [0.5, 0.6) is 11.5 Å². The highest BCUT2D eigenvalue weighted by Crippen LogP contribution is 2.33. The van der Waals surface area contributed by atoms with Crippen molar-refractivity contribution in [1.29, 1.82) is 0 Å². The number of aromatic nitrogens is 2. The van der Waals surface area contributed by atoms with E-state index < -0.39 is 11.7 Å². The molecule has 2 N–H and O–H groups in total. The van der Waals surface area contributed by atoms with Crippen molar-refractivity contribution in [2.24, 2.45) is 17.9 Å². The van der Waals surface area contributed by atoms with Crippen molar-refractivity contribution in [1.82, 2.24) is 9.78 Å². The second-order valence-electron chi connectivity index (χ2n) is 4.67. The van der Waals surface area contributed by atoms with E-state index in [0.717, 1.165) is 12.1 Å². The van der Waals surface area contributed by atoms with Crippen molar-refractivity contribution >= 4 is 5.84 Å². The second kappa shape index (κ2) is 7.07. The van der Waals surface area contributed by atoms with E-state index in [4.69, 9.17) is 15.3 Å². The number of halogens is 3. The van der Waals surface area contributed by atoms with Crippen molar-refractivity contribution in [3.8, 4) is 11.5 Å². The van der Waals surface area contributed by atoms with Crippen molar-refractivity contribution < 1.29 is 22.7 Å². The Labute approximate surface area is 136 Å². The highest BCUT2D eigenvalue weighted by atomic mass is 19.4. The van der Waals surface area contributed by atoms with Gasteiger partial charge in [0, 0.05) is 7.05 Å². The Morgan fingerprint density at radius 3 is 2.88 bits per heavy atom. The lowest BCUT2D eigenvalue weighted by Gasteiger charge is -2.10. The topological polar surface area (TPSA) is 74.7 Å². The third-order valence-electron chi connectivity index (χ3n) is 2.89. The van der Waals surface area contributed by atoms with Gasteiger partial charge in [-0.3, -0.25) is 4.68 Å². The maximum atomic E-state index is 12.8. The van der Waals surface area contributed by atoms with Crippen LogP contribution in [0.4, 0.5) is 13.2 Å². The zero-order valence-corrected chi connectivity index (χ0v) is 12.7. The van der Waals surface area contributed by atoms with Gasteiger partial charge < -0.3 is 15.3 Å². The number of hydrogen-bond donors (Lipinski definition) is 1. The summed E-state index contributed by atoms with van der Waals surface area (Å²) in [5.74, 6) is 0.123. The quantitative estimate of drug-likeness (QED) is 0.288. The smallest absolute Gasteiger partial charge is 0.416 e. The van der Waals surface area contributed by atoms with E-state index in [2.05, 4.69) is 16.8 Å². The third-order valence-corrected chi connectivity index (χ3v) is 2.89. The molecule has 0 unspecified atom stereocenters. The Hall–Kier alpha value is -2.97. The van der Waals surface area contributed by atoms with Gasteiger partial charge in [-0.1, -0.05) is 23.9 Å². The van der Waals surface area contributed by atoms with E-state index in [9.17, 15) is 13.2 Å². The summed E-state index contributed by atoms with van der Waals surface area (Å²) in [5, 5.41) is 7.64. The number of rotatable bonds is 6. The normalized spacial score (nSPS) is 12.1. The maximum absolute atomic E-state index is 12.8. The van der Waals surface area contributed by atoms with Crippen LogP contribution in [0.2, 0.25) is 0 Å². The molecule has 0 atom stereocenters. The minimum absolute atomic E-state index is 0.00103. The van der Waals surface area contributed by atoms with Gasteiger partial charge in [-0.2, -0.15) is 18.3 Å². The second-order valence-corrected chi connectivity index (χ2v) is 4.67. The van der Waals surface area contributed by atoms with Gasteiger partial charge in [-0.25, -0.2) is 0 Å². The average Bonchev–Trinajstić information content (AvgIpc) is 2.87. The van der Waals surface area contributed by atoms with Crippen molar-refractivity contribution in [2.75, 3.05) is 6.61 Å². The molecule has 9 heteroatoms. The molecule has 1 aromatic heterocycles. The molecule has 0 aliphatic carbocycles. The van der Waals surface area contributed by atoms with Crippen molar-refractivity contribution in [3.05, 3.63) is 54.4 Å². The molecule has 0 aliphatic heterocycles. The Balaban J connectivity index is 2.28. The van der Waals surface area contributed by atoms with Crippen LogP contribution in [0, 0.1) is 0 Å². The van der Waals surface area contributed by atoms with Gasteiger partial charge in [0.05, 0.1) is 11.8 Å². The SMILES string of the molecule is C=CCO/N=C(\N)c1c(Oc2cccc(C(F)(F)F)c2)cnn1C. The molecule has 2 aromatic rings. The first-order valence-corrected chi connectivity index (χ1v) is 6.76. The minimum Gasteiger partial charge on any atom is -0.453 e. The lowest BCUT2D eigenvalue weighted by molar-refractivity contribution is -0.137. The predicted molar refractivity (Wildman–Crippen MR) is 81.6 cm³/mol. The Morgan fingerprint density at radius 1 is 1.46 bits per heavy atom. The van der Waals surface area contributed by atoms with Gasteiger partial charge in [0.1, 0.15) is 18.1 Å². The van der Waals surface area contributed by atoms with Gasteiger partial charge in [0.15, 0.2) is 11.6 Å². The number of amidine groups is 1. The zero-order valence-electron chi connectivity index (χ0n) is 12.7. The summed E-state index contributed by atoms with van der Waals surface area (Å²) >= 11 is 0. The van der Waals surface area contributed by atoms with E-state index in [1.54, 1.807) is 7.05 Å². The number of benzene rings is 1. The summed E-state index contributed by atoms with van der Waals surface area (Å²) in [5.41, 5.74) is 5.26. The molecule has 0 amide bonds. The molecule has 0 aliphatic rings. The molecule has 1 aromatic carbocycles. The first-order chi connectivity index (χ1) is 11.3. The highest BCUT2D eigenvalue weighted by molar-refractivity contribution is 5.98. The van der Waals surface area contributed by atoms with Gasteiger partial charge >= 0.3 is 6.18 Å². The summed E-state index contributed by atoms with van der Waals surface area (Å²) < 4.78 is 45.1. The predicted octanol–water partition coefficient (Wildman–Crippen LogP) is 3.05. The van der Waals surface area contributed by atoms with E-state index in [1.165, 1.54) is 29.1 Å². The largest absolute Gasteiger partial charge is 0.453 e.